The number of benzene rings is 2. The molecule has 0 aliphatic carbocycles. The van der Waals surface area contributed by atoms with E-state index in [1.54, 1.807) is 18.2 Å². The van der Waals surface area contributed by atoms with Crippen LogP contribution in [0.5, 0.6) is 0 Å². The van der Waals surface area contributed by atoms with Crippen molar-refractivity contribution >= 4 is 17.2 Å². The highest BCUT2D eigenvalue weighted by atomic mass is 16.1. The van der Waals surface area contributed by atoms with Crippen LogP contribution in [0.15, 0.2) is 42.5 Å². The van der Waals surface area contributed by atoms with E-state index in [9.17, 15) is 4.79 Å². The number of ketones is 1. The highest BCUT2D eigenvalue weighted by molar-refractivity contribution is 6.00. The zero-order valence-corrected chi connectivity index (χ0v) is 11.2. The molecule has 0 aromatic heterocycles. The van der Waals surface area contributed by atoms with Crippen LogP contribution in [0.1, 0.15) is 28.4 Å². The molecule has 4 heteroatoms. The van der Waals surface area contributed by atoms with Gasteiger partial charge in [-0.25, -0.2) is 0 Å². The third-order valence-electron chi connectivity index (χ3n) is 2.99. The number of carbonyl (C=O) groups is 1. The predicted octanol–water partition coefficient (Wildman–Crippen LogP) is 2.96. The molecule has 0 amide bonds. The van der Waals surface area contributed by atoms with Gasteiger partial charge in [0, 0.05) is 23.5 Å². The quantitative estimate of drug-likeness (QED) is 0.658. The topological polar surface area (TPSA) is 78.9 Å². The second kappa shape index (κ2) is 5.89. The Kier molecular flexibility index (Phi) is 4.02. The Morgan fingerprint density at radius 2 is 2.10 bits per heavy atom. The van der Waals surface area contributed by atoms with Crippen molar-refractivity contribution in [2.24, 2.45) is 0 Å². The van der Waals surface area contributed by atoms with Gasteiger partial charge in [-0.1, -0.05) is 12.1 Å². The van der Waals surface area contributed by atoms with E-state index < -0.39 is 0 Å². The van der Waals surface area contributed by atoms with Gasteiger partial charge in [-0.05, 0) is 42.8 Å². The number of nitrogens with two attached hydrogens (primary N) is 1. The van der Waals surface area contributed by atoms with E-state index in [-0.39, 0.29) is 5.78 Å². The van der Waals surface area contributed by atoms with Crippen LogP contribution < -0.4 is 11.1 Å². The maximum absolute atomic E-state index is 11.4. The third-order valence-corrected chi connectivity index (χ3v) is 2.99. The fourth-order valence-electron chi connectivity index (χ4n) is 1.93. The number of anilines is 2. The molecule has 0 radical (unpaired) electrons. The molecule has 0 bridgehead atoms. The van der Waals surface area contributed by atoms with Crippen LogP contribution in [0.3, 0.4) is 0 Å². The molecule has 0 heterocycles. The largest absolute Gasteiger partial charge is 0.398 e. The molecular formula is C16H15N3O. The van der Waals surface area contributed by atoms with Gasteiger partial charge in [0.2, 0.25) is 0 Å². The number of carbonyl (C=O) groups excluding carboxylic acids is 1. The molecule has 0 spiro atoms. The van der Waals surface area contributed by atoms with Crippen molar-refractivity contribution in [3.05, 3.63) is 59.2 Å². The van der Waals surface area contributed by atoms with Crippen molar-refractivity contribution in [2.75, 3.05) is 11.1 Å². The molecule has 0 aliphatic heterocycles. The summed E-state index contributed by atoms with van der Waals surface area (Å²) in [6.45, 7) is 2.07. The summed E-state index contributed by atoms with van der Waals surface area (Å²) >= 11 is 0. The van der Waals surface area contributed by atoms with Crippen LogP contribution >= 0.6 is 0 Å². The molecule has 20 heavy (non-hydrogen) atoms. The van der Waals surface area contributed by atoms with Gasteiger partial charge >= 0.3 is 0 Å². The van der Waals surface area contributed by atoms with E-state index >= 15 is 0 Å². The van der Waals surface area contributed by atoms with Crippen molar-refractivity contribution < 1.29 is 4.79 Å². The smallest absolute Gasteiger partial charge is 0.161 e. The van der Waals surface area contributed by atoms with Gasteiger partial charge in [0.25, 0.3) is 0 Å². The molecule has 2 rings (SSSR count). The van der Waals surface area contributed by atoms with E-state index in [2.05, 4.69) is 11.4 Å². The van der Waals surface area contributed by atoms with Gasteiger partial charge in [-0.15, -0.1) is 0 Å². The van der Waals surface area contributed by atoms with Crippen molar-refractivity contribution in [3.8, 4) is 6.07 Å². The zero-order chi connectivity index (χ0) is 14.5. The van der Waals surface area contributed by atoms with E-state index in [0.29, 0.717) is 23.4 Å². The number of nitrogens with one attached hydrogen (secondary N) is 1. The second-order valence-electron chi connectivity index (χ2n) is 4.52. The number of nitriles is 1. The lowest BCUT2D eigenvalue weighted by Crippen LogP contribution is -2.04. The monoisotopic (exact) mass is 265 g/mol. The summed E-state index contributed by atoms with van der Waals surface area (Å²) in [7, 11) is 0. The first-order valence-corrected chi connectivity index (χ1v) is 6.23. The molecule has 0 aliphatic rings. The molecular weight excluding hydrogens is 250 g/mol. The first-order valence-electron chi connectivity index (χ1n) is 6.23. The van der Waals surface area contributed by atoms with Crippen molar-refractivity contribution in [1.29, 1.82) is 5.26 Å². The van der Waals surface area contributed by atoms with E-state index in [0.717, 1.165) is 11.3 Å². The molecule has 2 aromatic rings. The maximum atomic E-state index is 11.4. The number of nitrogen functional groups attached to an aromatic ring is 1. The first-order chi connectivity index (χ1) is 9.60. The van der Waals surface area contributed by atoms with Gasteiger partial charge in [0.05, 0.1) is 11.6 Å². The molecule has 0 unspecified atom stereocenters. The molecule has 0 atom stereocenters. The van der Waals surface area contributed by atoms with Gasteiger partial charge in [0.1, 0.15) is 0 Å². The standard InChI is InChI=1S/C16H15N3O/c1-11(20)15-8-14(5-6-16(15)18)19-10-13-4-2-3-12(7-13)9-17/h2-8,19H,10,18H2,1H3. The average molecular weight is 265 g/mol. The maximum Gasteiger partial charge on any atom is 0.161 e. The molecule has 4 nitrogen and oxygen atoms in total. The number of hydrogen-bond acceptors (Lipinski definition) is 4. The van der Waals surface area contributed by atoms with Gasteiger partial charge in [-0.3, -0.25) is 4.79 Å². The fraction of sp³-hybridized carbons (Fsp3) is 0.125. The lowest BCUT2D eigenvalue weighted by Gasteiger charge is -2.09. The lowest BCUT2D eigenvalue weighted by molar-refractivity contribution is 0.101. The molecule has 2 aromatic carbocycles. The Labute approximate surface area is 117 Å². The highest BCUT2D eigenvalue weighted by Crippen LogP contribution is 2.19. The minimum absolute atomic E-state index is 0.0578. The Hall–Kier alpha value is -2.80. The summed E-state index contributed by atoms with van der Waals surface area (Å²) in [6, 6.07) is 14.8. The highest BCUT2D eigenvalue weighted by Gasteiger charge is 2.05. The predicted molar refractivity (Wildman–Crippen MR) is 79.3 cm³/mol. The minimum Gasteiger partial charge on any atom is -0.398 e. The molecule has 0 fully saturated rings. The summed E-state index contributed by atoms with van der Waals surface area (Å²) in [6.07, 6.45) is 0. The summed E-state index contributed by atoms with van der Waals surface area (Å²) in [5.41, 5.74) is 9.21. The second-order valence-corrected chi connectivity index (χ2v) is 4.52. The molecule has 3 N–H and O–H groups in total. The Balaban J connectivity index is 2.13. The van der Waals surface area contributed by atoms with Crippen LogP contribution in [0.4, 0.5) is 11.4 Å². The van der Waals surface area contributed by atoms with E-state index in [1.165, 1.54) is 6.92 Å². The molecule has 0 saturated heterocycles. The lowest BCUT2D eigenvalue weighted by atomic mass is 10.1. The van der Waals surface area contributed by atoms with Crippen molar-refractivity contribution in [1.82, 2.24) is 0 Å². The van der Waals surface area contributed by atoms with Gasteiger partial charge in [-0.2, -0.15) is 5.26 Å². The molecule has 0 saturated carbocycles. The Morgan fingerprint density at radius 1 is 1.30 bits per heavy atom. The van der Waals surface area contributed by atoms with Crippen molar-refractivity contribution in [2.45, 2.75) is 13.5 Å². The van der Waals surface area contributed by atoms with Crippen LogP contribution in [0.25, 0.3) is 0 Å². The normalized spacial score (nSPS) is 9.80. The van der Waals surface area contributed by atoms with Crippen LogP contribution in [0.2, 0.25) is 0 Å². The first kappa shape index (κ1) is 13.6. The van der Waals surface area contributed by atoms with E-state index in [4.69, 9.17) is 11.0 Å². The Morgan fingerprint density at radius 3 is 2.80 bits per heavy atom. The zero-order valence-electron chi connectivity index (χ0n) is 11.2. The van der Waals surface area contributed by atoms with E-state index in [1.807, 2.05) is 24.3 Å². The van der Waals surface area contributed by atoms with Crippen LogP contribution in [0, 0.1) is 11.3 Å². The number of Topliss-reactive ketones (excluding diaryl/α,β-unsaturated/α-hetero) is 1. The average Bonchev–Trinajstić information content (AvgIpc) is 2.46. The Bertz CT molecular complexity index is 686. The van der Waals surface area contributed by atoms with Crippen LogP contribution in [-0.2, 0) is 6.54 Å². The summed E-state index contributed by atoms with van der Waals surface area (Å²) in [5, 5.41) is 12.1. The van der Waals surface area contributed by atoms with Crippen LogP contribution in [-0.4, -0.2) is 5.78 Å². The third kappa shape index (κ3) is 3.15. The molecule has 100 valence electrons. The summed E-state index contributed by atoms with van der Waals surface area (Å²) in [4.78, 5) is 11.4. The number of rotatable bonds is 4. The SMILES string of the molecule is CC(=O)c1cc(NCc2cccc(C#N)c2)ccc1N. The summed E-state index contributed by atoms with van der Waals surface area (Å²) < 4.78 is 0. The summed E-state index contributed by atoms with van der Waals surface area (Å²) in [5.74, 6) is -0.0578. The number of nitrogens with zero attached hydrogens (tertiary/aromatic N) is 1. The van der Waals surface area contributed by atoms with Gasteiger partial charge in [0.15, 0.2) is 5.78 Å². The number of hydrogen-bond donors (Lipinski definition) is 2. The minimum atomic E-state index is -0.0578. The van der Waals surface area contributed by atoms with Crippen molar-refractivity contribution in [3.63, 3.8) is 0 Å². The van der Waals surface area contributed by atoms with Gasteiger partial charge < -0.3 is 11.1 Å². The fourth-order valence-corrected chi connectivity index (χ4v) is 1.93.